The van der Waals surface area contributed by atoms with E-state index < -0.39 is 30.1 Å². The van der Waals surface area contributed by atoms with Crippen LogP contribution in [-0.2, 0) is 27.4 Å². The highest BCUT2D eigenvalue weighted by atomic mass is 19.4. The lowest BCUT2D eigenvalue weighted by molar-refractivity contribution is -0.192. The van der Waals surface area contributed by atoms with E-state index in [0.717, 1.165) is 11.1 Å². The zero-order valence-corrected chi connectivity index (χ0v) is 16.1. The van der Waals surface area contributed by atoms with Gasteiger partial charge < -0.3 is 26.0 Å². The Morgan fingerprint density at radius 2 is 1.52 bits per heavy atom. The van der Waals surface area contributed by atoms with Gasteiger partial charge in [-0.25, -0.2) is 9.59 Å². The van der Waals surface area contributed by atoms with E-state index >= 15 is 0 Å². The molecule has 31 heavy (non-hydrogen) atoms. The maximum Gasteiger partial charge on any atom is 0.490 e. The minimum atomic E-state index is -5.08. The van der Waals surface area contributed by atoms with E-state index in [-0.39, 0.29) is 13.0 Å². The second-order valence-corrected chi connectivity index (χ2v) is 6.09. The number of aliphatic carboxylic acids is 2. The smallest absolute Gasteiger partial charge is 0.489 e. The number of carboxylic acid groups (broad SMARTS) is 2. The number of amides is 1. The molecule has 1 amide bonds. The van der Waals surface area contributed by atoms with Crippen molar-refractivity contribution < 1.29 is 42.5 Å². The highest BCUT2D eigenvalue weighted by Crippen LogP contribution is 2.15. The highest BCUT2D eigenvalue weighted by Gasteiger charge is 2.38. The molecule has 0 aliphatic heterocycles. The second-order valence-electron chi connectivity index (χ2n) is 6.09. The van der Waals surface area contributed by atoms with Crippen molar-refractivity contribution in [3.8, 4) is 5.75 Å². The van der Waals surface area contributed by atoms with Gasteiger partial charge in [0.05, 0.1) is 6.54 Å². The SMILES string of the molecule is NCC(=O)N[C@@H](Cc1ccc(OCc2ccccc2)cc1)C(=O)O.O=C(O)C(F)(F)F. The van der Waals surface area contributed by atoms with Crippen molar-refractivity contribution in [2.24, 2.45) is 5.73 Å². The van der Waals surface area contributed by atoms with Crippen LogP contribution in [0.25, 0.3) is 0 Å². The summed E-state index contributed by atoms with van der Waals surface area (Å²) in [6.07, 6.45) is -4.90. The fourth-order valence-corrected chi connectivity index (χ4v) is 2.15. The Hall–Kier alpha value is -3.60. The third kappa shape index (κ3) is 10.1. The van der Waals surface area contributed by atoms with Crippen LogP contribution in [0.2, 0.25) is 0 Å². The fraction of sp³-hybridized carbons (Fsp3) is 0.250. The Kier molecular flexibility index (Phi) is 9.99. The molecule has 0 saturated carbocycles. The van der Waals surface area contributed by atoms with Crippen LogP contribution in [0.4, 0.5) is 13.2 Å². The number of nitrogens with two attached hydrogens (primary N) is 1. The molecule has 168 valence electrons. The molecule has 2 aromatic rings. The van der Waals surface area contributed by atoms with Crippen LogP contribution < -0.4 is 15.8 Å². The zero-order valence-electron chi connectivity index (χ0n) is 16.1. The first-order valence-corrected chi connectivity index (χ1v) is 8.81. The van der Waals surface area contributed by atoms with E-state index in [1.165, 1.54) is 0 Å². The number of benzene rings is 2. The first kappa shape index (κ1) is 25.4. The van der Waals surface area contributed by atoms with Gasteiger partial charge in [0.25, 0.3) is 0 Å². The molecule has 0 unspecified atom stereocenters. The number of hydrogen-bond acceptors (Lipinski definition) is 5. The molecule has 0 saturated heterocycles. The lowest BCUT2D eigenvalue weighted by atomic mass is 10.1. The number of alkyl halides is 3. The molecule has 0 heterocycles. The van der Waals surface area contributed by atoms with Crippen LogP contribution >= 0.6 is 0 Å². The van der Waals surface area contributed by atoms with Crippen molar-refractivity contribution in [3.05, 3.63) is 65.7 Å². The van der Waals surface area contributed by atoms with E-state index in [2.05, 4.69) is 5.32 Å². The molecule has 2 rings (SSSR count). The van der Waals surface area contributed by atoms with Crippen molar-refractivity contribution in [1.82, 2.24) is 5.32 Å². The van der Waals surface area contributed by atoms with E-state index in [0.29, 0.717) is 12.4 Å². The Morgan fingerprint density at radius 3 is 1.97 bits per heavy atom. The van der Waals surface area contributed by atoms with Crippen LogP contribution in [0.1, 0.15) is 11.1 Å². The molecule has 0 aliphatic carbocycles. The van der Waals surface area contributed by atoms with E-state index in [4.69, 9.17) is 25.5 Å². The Morgan fingerprint density at radius 1 is 0.968 bits per heavy atom. The quantitative estimate of drug-likeness (QED) is 0.490. The third-order valence-corrected chi connectivity index (χ3v) is 3.67. The molecule has 8 nitrogen and oxygen atoms in total. The second kappa shape index (κ2) is 12.2. The number of hydrogen-bond donors (Lipinski definition) is 4. The van der Waals surface area contributed by atoms with Crippen molar-refractivity contribution in [1.29, 1.82) is 0 Å². The number of halogens is 3. The van der Waals surface area contributed by atoms with Gasteiger partial charge in [0.1, 0.15) is 18.4 Å². The van der Waals surface area contributed by atoms with Crippen molar-refractivity contribution >= 4 is 17.8 Å². The first-order chi connectivity index (χ1) is 14.5. The van der Waals surface area contributed by atoms with Crippen LogP contribution in [0, 0.1) is 0 Å². The predicted molar refractivity (Wildman–Crippen MR) is 103 cm³/mol. The van der Waals surface area contributed by atoms with Crippen LogP contribution in [0.3, 0.4) is 0 Å². The van der Waals surface area contributed by atoms with Gasteiger partial charge >= 0.3 is 18.1 Å². The molecule has 2 aromatic carbocycles. The molecule has 5 N–H and O–H groups in total. The summed E-state index contributed by atoms with van der Waals surface area (Å²) in [5.74, 6) is -3.65. The lowest BCUT2D eigenvalue weighted by Crippen LogP contribution is -2.44. The number of carbonyl (C=O) groups excluding carboxylic acids is 1. The summed E-state index contributed by atoms with van der Waals surface area (Å²) >= 11 is 0. The average molecular weight is 442 g/mol. The van der Waals surface area contributed by atoms with E-state index in [9.17, 15) is 22.8 Å². The van der Waals surface area contributed by atoms with E-state index in [1.807, 2.05) is 30.3 Å². The predicted octanol–water partition coefficient (Wildman–Crippen LogP) is 1.97. The van der Waals surface area contributed by atoms with Crippen molar-refractivity contribution in [3.63, 3.8) is 0 Å². The van der Waals surface area contributed by atoms with Crippen molar-refractivity contribution in [2.75, 3.05) is 6.54 Å². The topological polar surface area (TPSA) is 139 Å². The summed E-state index contributed by atoms with van der Waals surface area (Å²) in [5.41, 5.74) is 7.04. The summed E-state index contributed by atoms with van der Waals surface area (Å²) in [4.78, 5) is 31.4. The van der Waals surface area contributed by atoms with Gasteiger partial charge in [0.15, 0.2) is 0 Å². The summed E-state index contributed by atoms with van der Waals surface area (Å²) in [7, 11) is 0. The van der Waals surface area contributed by atoms with Crippen LogP contribution in [0.5, 0.6) is 5.75 Å². The van der Waals surface area contributed by atoms with Gasteiger partial charge in [0.2, 0.25) is 5.91 Å². The number of ether oxygens (including phenoxy) is 1. The maximum absolute atomic E-state index is 11.3. The average Bonchev–Trinajstić information content (AvgIpc) is 2.73. The standard InChI is InChI=1S/C18H20N2O4.C2HF3O2/c19-11-17(21)20-16(18(22)23)10-13-6-8-15(9-7-13)24-12-14-4-2-1-3-5-14;3-2(4,5)1(6)7/h1-9,16H,10-12,19H2,(H,20,21)(H,22,23);(H,6,7)/t16-;/m0./s1. The Labute approximate surface area is 175 Å². The number of carbonyl (C=O) groups is 3. The third-order valence-electron chi connectivity index (χ3n) is 3.67. The van der Waals surface area contributed by atoms with Gasteiger partial charge in [-0.15, -0.1) is 0 Å². The minimum Gasteiger partial charge on any atom is -0.489 e. The molecular formula is C20H21F3N2O6. The molecule has 11 heteroatoms. The molecule has 0 fully saturated rings. The van der Waals surface area contributed by atoms with Crippen molar-refractivity contribution in [2.45, 2.75) is 25.2 Å². The molecule has 0 radical (unpaired) electrons. The Balaban J connectivity index is 0.000000592. The normalized spacial score (nSPS) is 11.5. The van der Waals surface area contributed by atoms with Crippen LogP contribution in [-0.4, -0.2) is 46.8 Å². The summed E-state index contributed by atoms with van der Waals surface area (Å²) in [6, 6.07) is 15.9. The maximum atomic E-state index is 11.3. The molecule has 0 spiro atoms. The lowest BCUT2D eigenvalue weighted by Gasteiger charge is -2.14. The van der Waals surface area contributed by atoms with Gasteiger partial charge in [-0.3, -0.25) is 4.79 Å². The number of rotatable bonds is 8. The molecular weight excluding hydrogens is 421 g/mol. The molecule has 0 aliphatic rings. The summed E-state index contributed by atoms with van der Waals surface area (Å²) in [6.45, 7) is 0.223. The highest BCUT2D eigenvalue weighted by molar-refractivity contribution is 5.84. The largest absolute Gasteiger partial charge is 0.490 e. The Bertz CT molecular complexity index is 857. The van der Waals surface area contributed by atoms with Gasteiger partial charge in [-0.1, -0.05) is 42.5 Å². The monoisotopic (exact) mass is 442 g/mol. The summed E-state index contributed by atoms with van der Waals surface area (Å²) < 4.78 is 37.4. The minimum absolute atomic E-state index is 0.181. The summed E-state index contributed by atoms with van der Waals surface area (Å²) in [5, 5.41) is 18.7. The van der Waals surface area contributed by atoms with Crippen LogP contribution in [0.15, 0.2) is 54.6 Å². The number of carboxylic acids is 2. The fourth-order valence-electron chi connectivity index (χ4n) is 2.15. The van der Waals surface area contributed by atoms with Gasteiger partial charge in [0, 0.05) is 6.42 Å². The molecule has 1 atom stereocenters. The zero-order chi connectivity index (χ0) is 23.4. The molecule has 0 aromatic heterocycles. The van der Waals surface area contributed by atoms with Gasteiger partial charge in [-0.2, -0.15) is 13.2 Å². The number of nitrogens with one attached hydrogen (secondary N) is 1. The first-order valence-electron chi connectivity index (χ1n) is 8.81. The molecule has 0 bridgehead atoms. The van der Waals surface area contributed by atoms with E-state index in [1.54, 1.807) is 24.3 Å². The van der Waals surface area contributed by atoms with Gasteiger partial charge in [-0.05, 0) is 23.3 Å².